The van der Waals surface area contributed by atoms with Crippen molar-refractivity contribution in [3.8, 4) is 0 Å². The number of aromatic nitrogens is 1. The van der Waals surface area contributed by atoms with Crippen molar-refractivity contribution in [2.75, 3.05) is 6.54 Å². The molecule has 3 nitrogen and oxygen atoms in total. The van der Waals surface area contributed by atoms with Gasteiger partial charge in [0.25, 0.3) is 0 Å². The van der Waals surface area contributed by atoms with Crippen LogP contribution in [0.1, 0.15) is 11.8 Å². The fourth-order valence-corrected chi connectivity index (χ4v) is 0.694. The van der Waals surface area contributed by atoms with Gasteiger partial charge in [0, 0.05) is 12.7 Å². The molecule has 70 valence electrons. The topological polar surface area (TPSA) is 59.1 Å². The number of aliphatic hydroxyl groups excluding tert-OH is 1. The molecule has 1 aromatic rings. The molecule has 0 saturated carbocycles. The second-order valence-corrected chi connectivity index (χ2v) is 2.01. The van der Waals surface area contributed by atoms with E-state index in [4.69, 9.17) is 10.8 Å². The standard InChI is InChI=1S/C7H10N2O.2ClH/c8-5-7(10)6-3-1-2-4-9-6;;/h1-4,7,10H,5,8H2;2*1H. The number of hydrogen-bond donors (Lipinski definition) is 2. The Hall–Kier alpha value is -0.350. The second-order valence-electron chi connectivity index (χ2n) is 2.01. The largest absolute Gasteiger partial charge is 0.385 e. The lowest BCUT2D eigenvalue weighted by atomic mass is 10.2. The van der Waals surface area contributed by atoms with Crippen molar-refractivity contribution in [1.29, 1.82) is 0 Å². The molecule has 0 saturated heterocycles. The second kappa shape index (κ2) is 7.31. The Morgan fingerprint density at radius 1 is 1.42 bits per heavy atom. The first-order valence-electron chi connectivity index (χ1n) is 3.13. The molecule has 1 aromatic heterocycles. The smallest absolute Gasteiger partial charge is 0.108 e. The van der Waals surface area contributed by atoms with E-state index in [-0.39, 0.29) is 31.4 Å². The maximum absolute atomic E-state index is 9.14. The molecule has 5 heteroatoms. The Morgan fingerprint density at radius 3 is 2.50 bits per heavy atom. The molecule has 0 bridgehead atoms. The monoisotopic (exact) mass is 210 g/mol. The summed E-state index contributed by atoms with van der Waals surface area (Å²) in [5, 5.41) is 9.14. The predicted octanol–water partition coefficient (Wildman–Crippen LogP) is 0.917. The average Bonchev–Trinajstić information content (AvgIpc) is 2.05. The molecule has 0 radical (unpaired) electrons. The van der Waals surface area contributed by atoms with Gasteiger partial charge in [0.15, 0.2) is 0 Å². The van der Waals surface area contributed by atoms with Crippen LogP contribution in [0.2, 0.25) is 0 Å². The SMILES string of the molecule is Cl.Cl.NCC(O)c1ccccn1. The van der Waals surface area contributed by atoms with E-state index in [0.29, 0.717) is 5.69 Å². The van der Waals surface area contributed by atoms with Gasteiger partial charge in [-0.05, 0) is 12.1 Å². The molecule has 1 heterocycles. The van der Waals surface area contributed by atoms with Gasteiger partial charge in [-0.1, -0.05) is 6.07 Å². The zero-order chi connectivity index (χ0) is 7.40. The van der Waals surface area contributed by atoms with E-state index >= 15 is 0 Å². The van der Waals surface area contributed by atoms with E-state index in [9.17, 15) is 0 Å². The van der Waals surface area contributed by atoms with Crippen LogP contribution in [0.4, 0.5) is 0 Å². The van der Waals surface area contributed by atoms with Gasteiger partial charge in [0.2, 0.25) is 0 Å². The number of halogens is 2. The highest BCUT2D eigenvalue weighted by molar-refractivity contribution is 5.85. The fraction of sp³-hybridized carbons (Fsp3) is 0.286. The minimum atomic E-state index is -0.624. The Balaban J connectivity index is 0. The maximum atomic E-state index is 9.14. The molecule has 1 rings (SSSR count). The van der Waals surface area contributed by atoms with Gasteiger partial charge in [-0.2, -0.15) is 0 Å². The molecule has 1 unspecified atom stereocenters. The molecule has 0 aliphatic carbocycles. The summed E-state index contributed by atoms with van der Waals surface area (Å²) in [5.41, 5.74) is 5.84. The van der Waals surface area contributed by atoms with Crippen LogP contribution in [0.25, 0.3) is 0 Å². The first-order valence-corrected chi connectivity index (χ1v) is 3.13. The molecule has 0 fully saturated rings. The van der Waals surface area contributed by atoms with Gasteiger partial charge in [-0.3, -0.25) is 4.98 Å². The molecule has 12 heavy (non-hydrogen) atoms. The van der Waals surface area contributed by atoms with E-state index in [2.05, 4.69) is 4.98 Å². The highest BCUT2D eigenvalue weighted by Gasteiger charge is 2.03. The molecular weight excluding hydrogens is 199 g/mol. The molecule has 3 N–H and O–H groups in total. The summed E-state index contributed by atoms with van der Waals surface area (Å²) < 4.78 is 0. The molecule has 0 amide bonds. The van der Waals surface area contributed by atoms with Gasteiger partial charge in [-0.25, -0.2) is 0 Å². The Labute approximate surface area is 83.8 Å². The average molecular weight is 211 g/mol. The van der Waals surface area contributed by atoms with Crippen LogP contribution in [-0.2, 0) is 0 Å². The van der Waals surface area contributed by atoms with Crippen molar-refractivity contribution < 1.29 is 5.11 Å². The molecular formula is C7H12Cl2N2O. The Kier molecular flexibility index (Phi) is 8.64. The minimum absolute atomic E-state index is 0. The third-order valence-corrected chi connectivity index (χ3v) is 1.25. The quantitative estimate of drug-likeness (QED) is 0.764. The lowest BCUT2D eigenvalue weighted by Crippen LogP contribution is -2.12. The van der Waals surface area contributed by atoms with E-state index in [1.807, 2.05) is 6.07 Å². The van der Waals surface area contributed by atoms with Crippen LogP contribution in [-0.4, -0.2) is 16.6 Å². The van der Waals surface area contributed by atoms with Crippen molar-refractivity contribution in [3.05, 3.63) is 30.1 Å². The summed E-state index contributed by atoms with van der Waals surface area (Å²) in [6.45, 7) is 0.219. The van der Waals surface area contributed by atoms with E-state index in [0.717, 1.165) is 0 Å². The molecule has 0 aromatic carbocycles. The third-order valence-electron chi connectivity index (χ3n) is 1.25. The van der Waals surface area contributed by atoms with Crippen molar-refractivity contribution >= 4 is 24.8 Å². The summed E-state index contributed by atoms with van der Waals surface area (Å²) in [6.07, 6.45) is 1.01. The molecule has 0 aliphatic rings. The van der Waals surface area contributed by atoms with Crippen LogP contribution in [0, 0.1) is 0 Å². The fourth-order valence-electron chi connectivity index (χ4n) is 0.694. The Bertz CT molecular complexity index is 196. The van der Waals surface area contributed by atoms with Crippen LogP contribution in [0.5, 0.6) is 0 Å². The maximum Gasteiger partial charge on any atom is 0.108 e. The Morgan fingerprint density at radius 2 is 2.08 bits per heavy atom. The predicted molar refractivity (Wildman–Crippen MR) is 52.7 cm³/mol. The normalized spacial score (nSPS) is 10.8. The lowest BCUT2D eigenvalue weighted by molar-refractivity contribution is 0.182. The van der Waals surface area contributed by atoms with Crippen molar-refractivity contribution in [2.45, 2.75) is 6.10 Å². The molecule has 0 spiro atoms. The highest BCUT2D eigenvalue weighted by Crippen LogP contribution is 2.05. The van der Waals surface area contributed by atoms with Crippen LogP contribution in [0.3, 0.4) is 0 Å². The van der Waals surface area contributed by atoms with Gasteiger partial charge < -0.3 is 10.8 Å². The summed E-state index contributed by atoms with van der Waals surface area (Å²) in [7, 11) is 0. The first-order chi connectivity index (χ1) is 4.84. The van der Waals surface area contributed by atoms with Gasteiger partial charge >= 0.3 is 0 Å². The van der Waals surface area contributed by atoms with Gasteiger partial charge in [0.1, 0.15) is 6.10 Å². The number of pyridine rings is 1. The third kappa shape index (κ3) is 3.88. The van der Waals surface area contributed by atoms with E-state index < -0.39 is 6.10 Å². The summed E-state index contributed by atoms with van der Waals surface area (Å²) in [5.74, 6) is 0. The van der Waals surface area contributed by atoms with Crippen LogP contribution < -0.4 is 5.73 Å². The van der Waals surface area contributed by atoms with Gasteiger partial charge in [-0.15, -0.1) is 24.8 Å². The van der Waals surface area contributed by atoms with E-state index in [1.54, 1.807) is 18.3 Å². The lowest BCUT2D eigenvalue weighted by Gasteiger charge is -2.04. The number of nitrogens with zero attached hydrogens (tertiary/aromatic N) is 1. The zero-order valence-electron chi connectivity index (χ0n) is 6.38. The number of rotatable bonds is 2. The number of nitrogens with two attached hydrogens (primary N) is 1. The van der Waals surface area contributed by atoms with Crippen molar-refractivity contribution in [3.63, 3.8) is 0 Å². The number of aliphatic hydroxyl groups is 1. The van der Waals surface area contributed by atoms with Crippen molar-refractivity contribution in [2.24, 2.45) is 5.73 Å². The summed E-state index contributed by atoms with van der Waals surface area (Å²) in [4.78, 5) is 3.92. The minimum Gasteiger partial charge on any atom is -0.385 e. The highest BCUT2D eigenvalue weighted by atomic mass is 35.5. The van der Waals surface area contributed by atoms with Crippen LogP contribution >= 0.6 is 24.8 Å². The summed E-state index contributed by atoms with van der Waals surface area (Å²) in [6, 6.07) is 5.37. The number of hydrogen-bond acceptors (Lipinski definition) is 3. The first kappa shape index (κ1) is 14.2. The van der Waals surface area contributed by atoms with E-state index in [1.165, 1.54) is 0 Å². The van der Waals surface area contributed by atoms with Gasteiger partial charge in [0.05, 0.1) is 5.69 Å². The van der Waals surface area contributed by atoms with Crippen LogP contribution in [0.15, 0.2) is 24.4 Å². The molecule has 0 aliphatic heterocycles. The molecule has 1 atom stereocenters. The summed E-state index contributed by atoms with van der Waals surface area (Å²) >= 11 is 0. The zero-order valence-corrected chi connectivity index (χ0v) is 8.02. The van der Waals surface area contributed by atoms with Crippen molar-refractivity contribution in [1.82, 2.24) is 4.98 Å².